The zero-order chi connectivity index (χ0) is 21.1. The zero-order valence-electron chi connectivity index (χ0n) is 18.2. The molecule has 0 radical (unpaired) electrons. The molecule has 6 nitrogen and oxygen atoms in total. The van der Waals surface area contributed by atoms with Crippen LogP contribution in [0.15, 0.2) is 59.6 Å². The molecule has 3 rings (SSSR count). The summed E-state index contributed by atoms with van der Waals surface area (Å²) in [7, 11) is 0. The van der Waals surface area contributed by atoms with Crippen LogP contribution in [-0.4, -0.2) is 44.0 Å². The molecule has 1 heterocycles. The van der Waals surface area contributed by atoms with Crippen LogP contribution in [0.4, 0.5) is 0 Å². The maximum absolute atomic E-state index is 9.42. The Morgan fingerprint density at radius 1 is 1.13 bits per heavy atom. The summed E-state index contributed by atoms with van der Waals surface area (Å²) in [6, 6.07) is 18.2. The van der Waals surface area contributed by atoms with Crippen molar-refractivity contribution in [2.75, 3.05) is 32.9 Å². The molecule has 1 fully saturated rings. The van der Waals surface area contributed by atoms with Crippen molar-refractivity contribution in [2.45, 2.75) is 32.9 Å². The number of halogens is 1. The fourth-order valence-electron chi connectivity index (χ4n) is 3.60. The predicted molar refractivity (Wildman–Crippen MR) is 135 cm³/mol. The minimum absolute atomic E-state index is 0. The van der Waals surface area contributed by atoms with Gasteiger partial charge in [-0.2, -0.15) is 0 Å². The lowest BCUT2D eigenvalue weighted by atomic mass is 9.84. The van der Waals surface area contributed by atoms with Crippen molar-refractivity contribution in [3.63, 3.8) is 0 Å². The van der Waals surface area contributed by atoms with Gasteiger partial charge in [-0.05, 0) is 43.0 Å². The number of aliphatic hydroxyl groups is 1. The van der Waals surface area contributed by atoms with E-state index in [9.17, 15) is 5.11 Å². The van der Waals surface area contributed by atoms with Crippen LogP contribution in [0.2, 0.25) is 0 Å². The van der Waals surface area contributed by atoms with Gasteiger partial charge in [0.05, 0.1) is 13.2 Å². The van der Waals surface area contributed by atoms with Crippen molar-refractivity contribution >= 4 is 29.9 Å². The highest BCUT2D eigenvalue weighted by Gasteiger charge is 2.34. The van der Waals surface area contributed by atoms with Crippen LogP contribution in [0.3, 0.4) is 0 Å². The molecular weight excluding hydrogens is 505 g/mol. The van der Waals surface area contributed by atoms with Crippen LogP contribution in [0.1, 0.15) is 30.9 Å². The molecule has 2 aromatic carbocycles. The van der Waals surface area contributed by atoms with Crippen LogP contribution in [0, 0.1) is 5.41 Å². The van der Waals surface area contributed by atoms with E-state index in [-0.39, 0.29) is 36.0 Å². The number of hydrogen-bond donors (Lipinski definition) is 3. The molecular formula is C24H34IN3O3. The molecule has 0 amide bonds. The van der Waals surface area contributed by atoms with E-state index < -0.39 is 0 Å². The van der Waals surface area contributed by atoms with Gasteiger partial charge >= 0.3 is 0 Å². The van der Waals surface area contributed by atoms with E-state index in [2.05, 4.69) is 35.8 Å². The van der Waals surface area contributed by atoms with Gasteiger partial charge in [-0.1, -0.05) is 42.5 Å². The molecule has 0 bridgehead atoms. The van der Waals surface area contributed by atoms with E-state index in [1.54, 1.807) is 0 Å². The first-order valence-corrected chi connectivity index (χ1v) is 10.7. The third-order valence-electron chi connectivity index (χ3n) is 5.36. The maximum Gasteiger partial charge on any atom is 0.191 e. The summed E-state index contributed by atoms with van der Waals surface area (Å²) in [5.41, 5.74) is 2.24. The Balaban J connectivity index is 0.00000341. The van der Waals surface area contributed by atoms with E-state index in [1.165, 1.54) is 0 Å². The average Bonchev–Trinajstić information content (AvgIpc) is 3.24. The fourth-order valence-corrected chi connectivity index (χ4v) is 3.60. The van der Waals surface area contributed by atoms with E-state index in [0.29, 0.717) is 19.8 Å². The normalized spacial score (nSPS) is 18.3. The predicted octanol–water partition coefficient (Wildman–Crippen LogP) is 3.73. The number of hydrogen-bond acceptors (Lipinski definition) is 4. The topological polar surface area (TPSA) is 75.1 Å². The second-order valence-corrected chi connectivity index (χ2v) is 7.75. The molecule has 31 heavy (non-hydrogen) atoms. The lowest BCUT2D eigenvalue weighted by Crippen LogP contribution is -2.44. The van der Waals surface area contributed by atoms with Crippen molar-refractivity contribution < 1.29 is 14.6 Å². The van der Waals surface area contributed by atoms with Crippen LogP contribution in [-0.2, 0) is 17.9 Å². The molecule has 0 aromatic heterocycles. The van der Waals surface area contributed by atoms with E-state index in [1.807, 2.05) is 36.4 Å². The van der Waals surface area contributed by atoms with Crippen molar-refractivity contribution in [1.82, 2.24) is 10.6 Å². The fraction of sp³-hybridized carbons (Fsp3) is 0.458. The third-order valence-corrected chi connectivity index (χ3v) is 5.36. The monoisotopic (exact) mass is 539 g/mol. The quantitative estimate of drug-likeness (QED) is 0.244. The molecule has 170 valence electrons. The molecule has 2 aromatic rings. The molecule has 1 atom stereocenters. The van der Waals surface area contributed by atoms with Gasteiger partial charge in [0.25, 0.3) is 0 Å². The summed E-state index contributed by atoms with van der Waals surface area (Å²) in [4.78, 5) is 4.75. The number of nitrogens with one attached hydrogen (secondary N) is 2. The van der Waals surface area contributed by atoms with Gasteiger partial charge in [0.15, 0.2) is 5.96 Å². The first kappa shape index (κ1) is 25.4. The lowest BCUT2D eigenvalue weighted by molar-refractivity contribution is 0.127. The van der Waals surface area contributed by atoms with Gasteiger partial charge in [0.2, 0.25) is 0 Å². The summed E-state index contributed by atoms with van der Waals surface area (Å²) in [5, 5.41) is 16.2. The summed E-state index contributed by atoms with van der Waals surface area (Å²) in [5.74, 6) is 1.65. The van der Waals surface area contributed by atoms with Gasteiger partial charge in [-0.15, -0.1) is 24.0 Å². The molecule has 1 aliphatic heterocycles. The van der Waals surface area contributed by atoms with Crippen LogP contribution in [0.5, 0.6) is 5.75 Å². The van der Waals surface area contributed by atoms with Crippen LogP contribution < -0.4 is 15.4 Å². The van der Waals surface area contributed by atoms with Gasteiger partial charge < -0.3 is 25.2 Å². The number of benzene rings is 2. The minimum Gasteiger partial charge on any atom is -0.489 e. The van der Waals surface area contributed by atoms with E-state index in [4.69, 9.17) is 14.5 Å². The molecule has 1 aliphatic rings. The zero-order valence-corrected chi connectivity index (χ0v) is 20.5. The van der Waals surface area contributed by atoms with Gasteiger partial charge in [0, 0.05) is 31.7 Å². The number of aliphatic imine (C=N–C) groups is 1. The highest BCUT2D eigenvalue weighted by molar-refractivity contribution is 14.0. The first-order valence-electron chi connectivity index (χ1n) is 10.7. The van der Waals surface area contributed by atoms with Gasteiger partial charge in [0.1, 0.15) is 12.4 Å². The summed E-state index contributed by atoms with van der Waals surface area (Å²) in [6.07, 6.45) is 1.70. The molecule has 7 heteroatoms. The molecule has 0 aliphatic carbocycles. The summed E-state index contributed by atoms with van der Waals surface area (Å²) in [6.45, 7) is 6.32. The molecule has 0 saturated carbocycles. The van der Waals surface area contributed by atoms with Crippen molar-refractivity contribution in [1.29, 1.82) is 0 Å². The number of aliphatic hydroxyl groups excluding tert-OH is 1. The van der Waals surface area contributed by atoms with Crippen LogP contribution in [0.25, 0.3) is 0 Å². The summed E-state index contributed by atoms with van der Waals surface area (Å²) < 4.78 is 11.4. The van der Waals surface area contributed by atoms with E-state index in [0.717, 1.165) is 55.4 Å². The largest absolute Gasteiger partial charge is 0.489 e. The number of ether oxygens (including phenoxy) is 2. The number of guanidine groups is 1. The SMILES string of the molecule is CCNC(=NCc1cccc(COc2ccccc2)c1)NCC1(CCO)CCOC1.I. The Hall–Kier alpha value is -1.84. The van der Waals surface area contributed by atoms with Crippen molar-refractivity contribution in [3.05, 3.63) is 65.7 Å². The Kier molecular flexibility index (Phi) is 11.1. The number of para-hydroxylation sites is 1. The standard InChI is InChI=1S/C24H33N3O3.HI/c1-2-25-23(27-18-24(11-13-28)12-14-29-19-24)26-16-20-7-6-8-21(15-20)17-30-22-9-4-3-5-10-22;/h3-10,15,28H,2,11-14,16-19H2,1H3,(H2,25,26,27);1H. The first-order chi connectivity index (χ1) is 14.7. The Morgan fingerprint density at radius 3 is 2.65 bits per heavy atom. The highest BCUT2D eigenvalue weighted by Crippen LogP contribution is 2.31. The molecule has 1 unspecified atom stereocenters. The summed E-state index contributed by atoms with van der Waals surface area (Å²) >= 11 is 0. The second-order valence-electron chi connectivity index (χ2n) is 7.75. The Bertz CT molecular complexity index is 796. The third kappa shape index (κ3) is 8.31. The molecule has 1 saturated heterocycles. The molecule has 0 spiro atoms. The smallest absolute Gasteiger partial charge is 0.191 e. The number of nitrogens with zero attached hydrogens (tertiary/aromatic N) is 1. The Morgan fingerprint density at radius 2 is 1.94 bits per heavy atom. The second kappa shape index (κ2) is 13.5. The van der Waals surface area contributed by atoms with Gasteiger partial charge in [-0.25, -0.2) is 4.99 Å². The van der Waals surface area contributed by atoms with Gasteiger partial charge in [-0.3, -0.25) is 0 Å². The average molecular weight is 539 g/mol. The highest BCUT2D eigenvalue weighted by atomic mass is 127. The van der Waals surface area contributed by atoms with Crippen LogP contribution >= 0.6 is 24.0 Å². The molecule has 3 N–H and O–H groups in total. The van der Waals surface area contributed by atoms with E-state index >= 15 is 0 Å². The number of rotatable bonds is 10. The lowest BCUT2D eigenvalue weighted by Gasteiger charge is -2.27. The maximum atomic E-state index is 9.42. The Labute approximate surface area is 202 Å². The minimum atomic E-state index is -0.0143. The van der Waals surface area contributed by atoms with Crippen molar-refractivity contribution in [3.8, 4) is 5.75 Å². The van der Waals surface area contributed by atoms with Crippen molar-refractivity contribution in [2.24, 2.45) is 10.4 Å².